The average Bonchev–Trinajstić information content (AvgIpc) is 2.77. The number of nitrogens with one attached hydrogen (secondary N) is 1. The number of aliphatic hydroxyl groups is 1. The van der Waals surface area contributed by atoms with Gasteiger partial charge in [-0.25, -0.2) is 0 Å². The van der Waals surface area contributed by atoms with Gasteiger partial charge in [0.15, 0.2) is 0 Å². The molecule has 1 saturated heterocycles. The number of rotatable bonds is 6. The third-order valence-corrected chi connectivity index (χ3v) is 6.35. The highest BCUT2D eigenvalue weighted by molar-refractivity contribution is 6.43. The molecule has 0 unspecified atom stereocenters. The van der Waals surface area contributed by atoms with E-state index in [0.717, 1.165) is 5.69 Å². The van der Waals surface area contributed by atoms with Crippen LogP contribution in [0.5, 0.6) is 5.75 Å². The third-order valence-electron chi connectivity index (χ3n) is 5.53. The van der Waals surface area contributed by atoms with Crippen molar-refractivity contribution < 1.29 is 14.6 Å². The molecule has 0 saturated carbocycles. The van der Waals surface area contributed by atoms with Crippen molar-refractivity contribution in [2.24, 2.45) is 5.73 Å². The summed E-state index contributed by atoms with van der Waals surface area (Å²) in [6, 6.07) is 9.02. The maximum atomic E-state index is 12.2. The van der Waals surface area contributed by atoms with Gasteiger partial charge >= 0.3 is 0 Å². The molecule has 1 aliphatic heterocycles. The summed E-state index contributed by atoms with van der Waals surface area (Å²) in [5, 5.41) is 14.6. The Hall–Kier alpha value is -2.74. The van der Waals surface area contributed by atoms with E-state index in [-0.39, 0.29) is 11.7 Å². The van der Waals surface area contributed by atoms with Crippen LogP contribution in [0.4, 0.5) is 17.1 Å². The molecule has 4 rings (SSSR count). The standard InChI is InChI=1S/C23H24Cl2N4O3/c1-2-32-20-11-18-14(10-19(20)29-8-6-13(30)7-9-29)22(15(12-27-18)23(26)31)28-17-5-3-4-16(24)21(17)25/h3-5,10-13,30H,2,6-9H2,1H3,(H2,26,31)(H,27,28). The van der Waals surface area contributed by atoms with Crippen molar-refractivity contribution in [3.63, 3.8) is 0 Å². The number of carbonyl (C=O) groups is 1. The number of amides is 1. The van der Waals surface area contributed by atoms with Crippen LogP contribution in [0, 0.1) is 0 Å². The Kier molecular flexibility index (Phi) is 6.60. The van der Waals surface area contributed by atoms with Crippen LogP contribution in [0.15, 0.2) is 36.5 Å². The Morgan fingerprint density at radius 1 is 1.31 bits per heavy atom. The zero-order valence-corrected chi connectivity index (χ0v) is 19.1. The fourth-order valence-electron chi connectivity index (χ4n) is 3.89. The molecule has 4 N–H and O–H groups in total. The van der Waals surface area contributed by atoms with E-state index >= 15 is 0 Å². The minimum Gasteiger partial charge on any atom is -0.492 e. The molecule has 1 aliphatic rings. The molecule has 168 valence electrons. The van der Waals surface area contributed by atoms with Crippen LogP contribution in [-0.2, 0) is 0 Å². The predicted molar refractivity (Wildman–Crippen MR) is 129 cm³/mol. The van der Waals surface area contributed by atoms with E-state index in [1.54, 1.807) is 18.2 Å². The van der Waals surface area contributed by atoms with Gasteiger partial charge in [0.2, 0.25) is 0 Å². The highest BCUT2D eigenvalue weighted by atomic mass is 35.5. The summed E-state index contributed by atoms with van der Waals surface area (Å²) in [6.45, 7) is 3.81. The van der Waals surface area contributed by atoms with E-state index in [4.69, 9.17) is 33.7 Å². The lowest BCUT2D eigenvalue weighted by Crippen LogP contribution is -2.36. The van der Waals surface area contributed by atoms with Gasteiger partial charge in [-0.15, -0.1) is 0 Å². The van der Waals surface area contributed by atoms with E-state index in [9.17, 15) is 9.90 Å². The van der Waals surface area contributed by atoms with Crippen LogP contribution in [0.1, 0.15) is 30.1 Å². The number of piperidine rings is 1. The van der Waals surface area contributed by atoms with Crippen molar-refractivity contribution in [2.75, 3.05) is 29.9 Å². The Morgan fingerprint density at radius 3 is 2.75 bits per heavy atom. The minimum atomic E-state index is -0.614. The van der Waals surface area contributed by atoms with Crippen LogP contribution >= 0.6 is 23.2 Å². The summed E-state index contributed by atoms with van der Waals surface area (Å²) in [4.78, 5) is 18.8. The van der Waals surface area contributed by atoms with Gasteiger partial charge in [-0.3, -0.25) is 9.78 Å². The number of fused-ring (bicyclic) bond motifs is 1. The Morgan fingerprint density at radius 2 is 2.06 bits per heavy atom. The fourth-order valence-corrected chi connectivity index (χ4v) is 4.24. The molecule has 0 aliphatic carbocycles. The van der Waals surface area contributed by atoms with Gasteiger partial charge in [0.05, 0.1) is 50.9 Å². The van der Waals surface area contributed by atoms with E-state index in [1.807, 2.05) is 19.1 Å². The molecule has 0 spiro atoms. The zero-order chi connectivity index (χ0) is 22.8. The monoisotopic (exact) mass is 474 g/mol. The second-order valence-corrected chi connectivity index (χ2v) is 8.41. The van der Waals surface area contributed by atoms with E-state index < -0.39 is 5.91 Å². The Bertz CT molecular complexity index is 1160. The molecule has 1 aromatic heterocycles. The van der Waals surface area contributed by atoms with Crippen molar-refractivity contribution in [1.82, 2.24) is 4.98 Å². The molecule has 0 bridgehead atoms. The van der Waals surface area contributed by atoms with Gasteiger partial charge in [-0.1, -0.05) is 29.3 Å². The first-order valence-corrected chi connectivity index (χ1v) is 11.2. The molecule has 0 atom stereocenters. The SMILES string of the molecule is CCOc1cc2ncc(C(N)=O)c(Nc3cccc(Cl)c3Cl)c2cc1N1CCC(O)CC1. The quantitative estimate of drug-likeness (QED) is 0.476. The first kappa shape index (κ1) is 22.5. The number of ether oxygens (including phenoxy) is 1. The summed E-state index contributed by atoms with van der Waals surface area (Å²) in [6.07, 6.45) is 2.49. The smallest absolute Gasteiger partial charge is 0.252 e. The minimum absolute atomic E-state index is 0.234. The second-order valence-electron chi connectivity index (χ2n) is 7.63. The maximum absolute atomic E-state index is 12.2. The maximum Gasteiger partial charge on any atom is 0.252 e. The largest absolute Gasteiger partial charge is 0.492 e. The van der Waals surface area contributed by atoms with Gasteiger partial charge in [-0.05, 0) is 38.0 Å². The molecule has 1 fully saturated rings. The molecule has 7 nitrogen and oxygen atoms in total. The molecule has 2 aromatic carbocycles. The molecule has 0 radical (unpaired) electrons. The van der Waals surface area contributed by atoms with Gasteiger partial charge in [0, 0.05) is 30.7 Å². The molecule has 3 aromatic rings. The fraction of sp³-hybridized carbons (Fsp3) is 0.304. The van der Waals surface area contributed by atoms with Crippen molar-refractivity contribution >= 4 is 57.1 Å². The van der Waals surface area contributed by atoms with Gasteiger partial charge in [-0.2, -0.15) is 0 Å². The highest BCUT2D eigenvalue weighted by Crippen LogP contribution is 2.40. The lowest BCUT2D eigenvalue weighted by Gasteiger charge is -2.33. The van der Waals surface area contributed by atoms with Gasteiger partial charge < -0.3 is 25.8 Å². The van der Waals surface area contributed by atoms with Crippen LogP contribution in [0.2, 0.25) is 10.0 Å². The van der Waals surface area contributed by atoms with Crippen molar-refractivity contribution in [3.8, 4) is 5.75 Å². The van der Waals surface area contributed by atoms with Crippen LogP contribution < -0.4 is 20.7 Å². The number of halogens is 2. The number of hydrogen-bond acceptors (Lipinski definition) is 6. The van der Waals surface area contributed by atoms with E-state index in [2.05, 4.69) is 15.2 Å². The first-order chi connectivity index (χ1) is 15.4. The number of aliphatic hydroxyl groups excluding tert-OH is 1. The number of hydrogen-bond donors (Lipinski definition) is 3. The number of pyridine rings is 1. The number of carbonyl (C=O) groups excluding carboxylic acids is 1. The lowest BCUT2D eigenvalue weighted by atomic mass is 10.0. The van der Waals surface area contributed by atoms with Crippen LogP contribution in [0.3, 0.4) is 0 Å². The summed E-state index contributed by atoms with van der Waals surface area (Å²) >= 11 is 12.6. The van der Waals surface area contributed by atoms with Gasteiger partial charge in [0.1, 0.15) is 5.75 Å². The average molecular weight is 475 g/mol. The first-order valence-electron chi connectivity index (χ1n) is 10.4. The summed E-state index contributed by atoms with van der Waals surface area (Å²) in [7, 11) is 0. The number of aromatic nitrogens is 1. The van der Waals surface area contributed by atoms with Crippen molar-refractivity contribution in [3.05, 3.63) is 52.1 Å². The molecule has 32 heavy (non-hydrogen) atoms. The summed E-state index contributed by atoms with van der Waals surface area (Å²) in [5.74, 6) is 0.0824. The van der Waals surface area contributed by atoms with E-state index in [0.29, 0.717) is 70.6 Å². The Balaban J connectivity index is 1.90. The lowest BCUT2D eigenvalue weighted by molar-refractivity contribution is 0.100. The molecule has 1 amide bonds. The summed E-state index contributed by atoms with van der Waals surface area (Å²) in [5.41, 5.74) is 8.44. The van der Waals surface area contributed by atoms with E-state index in [1.165, 1.54) is 6.20 Å². The van der Waals surface area contributed by atoms with Gasteiger partial charge in [0.25, 0.3) is 5.91 Å². The topological polar surface area (TPSA) is 101 Å². The second kappa shape index (κ2) is 9.40. The van der Waals surface area contributed by atoms with Crippen LogP contribution in [0.25, 0.3) is 10.9 Å². The highest BCUT2D eigenvalue weighted by Gasteiger charge is 2.23. The number of nitrogens with zero attached hydrogens (tertiary/aromatic N) is 2. The molecular formula is C23H24Cl2N4O3. The number of primary amides is 1. The van der Waals surface area contributed by atoms with Crippen molar-refractivity contribution in [1.29, 1.82) is 0 Å². The molecular weight excluding hydrogens is 451 g/mol. The molecule has 9 heteroatoms. The third kappa shape index (κ3) is 4.41. The number of benzene rings is 2. The van der Waals surface area contributed by atoms with Crippen molar-refractivity contribution in [2.45, 2.75) is 25.9 Å². The number of anilines is 3. The zero-order valence-electron chi connectivity index (χ0n) is 17.6. The molecule has 2 heterocycles. The predicted octanol–water partition coefficient (Wildman–Crippen LogP) is 4.74. The summed E-state index contributed by atoms with van der Waals surface area (Å²) < 4.78 is 5.90. The Labute approximate surface area is 196 Å². The normalized spacial score (nSPS) is 14.6. The van der Waals surface area contributed by atoms with Crippen LogP contribution in [-0.4, -0.2) is 41.8 Å². The number of nitrogens with two attached hydrogens (primary N) is 1.